The molecule has 0 saturated heterocycles. The van der Waals surface area contributed by atoms with Gasteiger partial charge in [0.15, 0.2) is 23.3 Å². The fraction of sp³-hybridized carbons (Fsp3) is 0.222. The molecule has 4 nitrogen and oxygen atoms in total. The van der Waals surface area contributed by atoms with E-state index in [0.717, 1.165) is 0 Å². The average molecular weight is 384 g/mol. The summed E-state index contributed by atoms with van der Waals surface area (Å²) >= 11 is 0. The Balaban J connectivity index is 2.16. The van der Waals surface area contributed by atoms with Crippen molar-refractivity contribution in [1.82, 2.24) is 0 Å². The summed E-state index contributed by atoms with van der Waals surface area (Å²) in [7, 11) is 0. The number of rotatable bonds is 4. The number of benzene rings is 2. The van der Waals surface area contributed by atoms with Gasteiger partial charge in [-0.25, -0.2) is 26.7 Å². The standard InChI is InChI=1S/C18H13F5N2O2/c1-2-27-18(26)10-8-11(9-6-4-3-5-7-9)25(24-10)17-15(22)13(20)12(19)14(21)16(17)23/h3-7,11H,2,8H2,1H3. The van der Waals surface area contributed by atoms with Gasteiger partial charge in [0.1, 0.15) is 11.4 Å². The van der Waals surface area contributed by atoms with Crippen molar-refractivity contribution in [3.05, 3.63) is 65.0 Å². The Morgan fingerprint density at radius 1 is 1.04 bits per heavy atom. The summed E-state index contributed by atoms with van der Waals surface area (Å²) in [5, 5.41) is 4.44. The summed E-state index contributed by atoms with van der Waals surface area (Å²) < 4.78 is 74.0. The van der Waals surface area contributed by atoms with E-state index in [-0.39, 0.29) is 18.7 Å². The Hall–Kier alpha value is -2.97. The molecule has 0 spiro atoms. The first-order valence-corrected chi connectivity index (χ1v) is 7.97. The molecule has 2 aromatic carbocycles. The normalized spacial score (nSPS) is 16.4. The molecule has 2 aromatic rings. The number of hydrazone groups is 1. The number of nitrogens with zero attached hydrogens (tertiary/aromatic N) is 2. The van der Waals surface area contributed by atoms with Gasteiger partial charge in [-0.2, -0.15) is 5.10 Å². The maximum Gasteiger partial charge on any atom is 0.354 e. The van der Waals surface area contributed by atoms with E-state index in [2.05, 4.69) is 5.10 Å². The number of hydrogen-bond acceptors (Lipinski definition) is 4. The Kier molecular flexibility index (Phi) is 5.11. The summed E-state index contributed by atoms with van der Waals surface area (Å²) in [4.78, 5) is 12.0. The number of halogens is 5. The Morgan fingerprint density at radius 2 is 1.59 bits per heavy atom. The van der Waals surface area contributed by atoms with Crippen molar-refractivity contribution in [1.29, 1.82) is 0 Å². The van der Waals surface area contributed by atoms with Gasteiger partial charge < -0.3 is 4.74 Å². The number of hydrogen-bond donors (Lipinski definition) is 0. The second-order valence-electron chi connectivity index (χ2n) is 5.66. The summed E-state index contributed by atoms with van der Waals surface area (Å²) in [6, 6.07) is 7.19. The van der Waals surface area contributed by atoms with Crippen LogP contribution in [0.4, 0.5) is 27.6 Å². The van der Waals surface area contributed by atoms with Crippen LogP contribution in [0, 0.1) is 29.1 Å². The quantitative estimate of drug-likeness (QED) is 0.343. The average Bonchev–Trinajstić information content (AvgIpc) is 3.11. The number of anilines is 1. The molecule has 0 fully saturated rings. The van der Waals surface area contributed by atoms with Crippen LogP contribution in [0.3, 0.4) is 0 Å². The monoisotopic (exact) mass is 384 g/mol. The van der Waals surface area contributed by atoms with E-state index in [0.29, 0.717) is 10.6 Å². The van der Waals surface area contributed by atoms with E-state index >= 15 is 0 Å². The largest absolute Gasteiger partial charge is 0.461 e. The van der Waals surface area contributed by atoms with Crippen molar-refractivity contribution in [3.8, 4) is 0 Å². The predicted molar refractivity (Wildman–Crippen MR) is 86.6 cm³/mol. The predicted octanol–water partition coefficient (Wildman–Crippen LogP) is 4.25. The second-order valence-corrected chi connectivity index (χ2v) is 5.66. The van der Waals surface area contributed by atoms with Gasteiger partial charge in [0.2, 0.25) is 5.82 Å². The SMILES string of the molecule is CCOC(=O)C1=NN(c2c(F)c(F)c(F)c(F)c2F)C(c2ccccc2)C1. The van der Waals surface area contributed by atoms with Gasteiger partial charge in [-0.3, -0.25) is 5.01 Å². The molecule has 27 heavy (non-hydrogen) atoms. The first kappa shape index (κ1) is 18.8. The van der Waals surface area contributed by atoms with Crippen LogP contribution in [0.5, 0.6) is 0 Å². The van der Waals surface area contributed by atoms with Crippen molar-refractivity contribution in [3.63, 3.8) is 0 Å². The Bertz CT molecular complexity index is 889. The van der Waals surface area contributed by atoms with Gasteiger partial charge in [0.05, 0.1) is 12.6 Å². The molecule has 142 valence electrons. The molecular formula is C18H13F5N2O2. The molecule has 0 aromatic heterocycles. The minimum absolute atomic E-state index is 0.0381. The van der Waals surface area contributed by atoms with Crippen molar-refractivity contribution in [2.24, 2.45) is 5.10 Å². The summed E-state index contributed by atoms with van der Waals surface area (Å²) in [5.74, 6) is -11.3. The summed E-state index contributed by atoms with van der Waals surface area (Å²) in [5.41, 5.74) is -0.932. The highest BCUT2D eigenvalue weighted by Crippen LogP contribution is 2.40. The topological polar surface area (TPSA) is 41.9 Å². The first-order valence-electron chi connectivity index (χ1n) is 7.97. The molecule has 0 aliphatic carbocycles. The molecule has 0 bridgehead atoms. The van der Waals surface area contributed by atoms with Gasteiger partial charge in [0.25, 0.3) is 0 Å². The smallest absolute Gasteiger partial charge is 0.354 e. The molecule has 1 unspecified atom stereocenters. The lowest BCUT2D eigenvalue weighted by Crippen LogP contribution is -2.22. The van der Waals surface area contributed by atoms with Crippen molar-refractivity contribution in [2.45, 2.75) is 19.4 Å². The Morgan fingerprint density at radius 3 is 2.15 bits per heavy atom. The molecule has 0 radical (unpaired) electrons. The van der Waals surface area contributed by atoms with Gasteiger partial charge in [0, 0.05) is 6.42 Å². The fourth-order valence-corrected chi connectivity index (χ4v) is 2.78. The number of esters is 1. The second kappa shape index (κ2) is 7.34. The van der Waals surface area contributed by atoms with Crippen molar-refractivity contribution in [2.75, 3.05) is 11.6 Å². The molecular weight excluding hydrogens is 371 g/mol. The molecule has 3 rings (SSSR count). The molecule has 0 saturated carbocycles. The first-order chi connectivity index (χ1) is 12.9. The zero-order chi connectivity index (χ0) is 19.7. The molecule has 1 aliphatic rings. The van der Waals surface area contributed by atoms with Gasteiger partial charge in [-0.15, -0.1) is 0 Å². The van der Waals surface area contributed by atoms with Crippen molar-refractivity contribution >= 4 is 17.4 Å². The van der Waals surface area contributed by atoms with E-state index < -0.39 is 46.8 Å². The summed E-state index contributed by atoms with van der Waals surface area (Å²) in [6.45, 7) is 1.60. The van der Waals surface area contributed by atoms with Gasteiger partial charge >= 0.3 is 5.97 Å². The zero-order valence-electron chi connectivity index (χ0n) is 14.0. The highest BCUT2D eigenvalue weighted by Gasteiger charge is 2.38. The fourth-order valence-electron chi connectivity index (χ4n) is 2.78. The molecule has 1 aliphatic heterocycles. The molecule has 0 amide bonds. The van der Waals surface area contributed by atoms with Crippen LogP contribution in [0.15, 0.2) is 35.4 Å². The molecule has 9 heteroatoms. The third-order valence-electron chi connectivity index (χ3n) is 4.02. The number of carbonyl (C=O) groups is 1. The summed E-state index contributed by atoms with van der Waals surface area (Å²) in [6.07, 6.45) is -0.123. The van der Waals surface area contributed by atoms with E-state index in [4.69, 9.17) is 4.74 Å². The molecule has 1 atom stereocenters. The van der Waals surface area contributed by atoms with E-state index in [1.807, 2.05) is 0 Å². The van der Waals surface area contributed by atoms with Crippen LogP contribution in [0.2, 0.25) is 0 Å². The molecule has 0 N–H and O–H groups in total. The zero-order valence-corrected chi connectivity index (χ0v) is 14.0. The lowest BCUT2D eigenvalue weighted by molar-refractivity contribution is -0.135. The Labute approximate surface area is 150 Å². The van der Waals surface area contributed by atoms with Crippen LogP contribution in [0.1, 0.15) is 24.9 Å². The van der Waals surface area contributed by atoms with Gasteiger partial charge in [-0.1, -0.05) is 30.3 Å². The lowest BCUT2D eigenvalue weighted by Gasteiger charge is -2.25. The van der Waals surface area contributed by atoms with E-state index in [9.17, 15) is 26.7 Å². The van der Waals surface area contributed by atoms with Crippen LogP contribution in [-0.2, 0) is 9.53 Å². The maximum absolute atomic E-state index is 14.3. The van der Waals surface area contributed by atoms with Gasteiger partial charge in [-0.05, 0) is 12.5 Å². The van der Waals surface area contributed by atoms with Crippen molar-refractivity contribution < 1.29 is 31.5 Å². The van der Waals surface area contributed by atoms with E-state index in [1.165, 1.54) is 0 Å². The third kappa shape index (κ3) is 3.24. The maximum atomic E-state index is 14.3. The van der Waals surface area contributed by atoms with Crippen LogP contribution >= 0.6 is 0 Å². The van der Waals surface area contributed by atoms with E-state index in [1.54, 1.807) is 37.3 Å². The minimum Gasteiger partial charge on any atom is -0.461 e. The minimum atomic E-state index is -2.26. The third-order valence-corrected chi connectivity index (χ3v) is 4.02. The number of ether oxygens (including phenoxy) is 1. The van der Waals surface area contributed by atoms with Crippen LogP contribution in [-0.4, -0.2) is 18.3 Å². The molecule has 1 heterocycles. The highest BCUT2D eigenvalue weighted by molar-refractivity contribution is 6.37. The lowest BCUT2D eigenvalue weighted by atomic mass is 10.0. The number of carbonyl (C=O) groups excluding carboxylic acids is 1. The van der Waals surface area contributed by atoms with Crippen LogP contribution < -0.4 is 5.01 Å². The highest BCUT2D eigenvalue weighted by atomic mass is 19.2. The van der Waals surface area contributed by atoms with Crippen LogP contribution in [0.25, 0.3) is 0 Å².